The van der Waals surface area contributed by atoms with Crippen molar-refractivity contribution in [3.63, 3.8) is 0 Å². The summed E-state index contributed by atoms with van der Waals surface area (Å²) in [5.74, 6) is 1.38. The maximum Gasteiger partial charge on any atom is 0.0939 e. The van der Waals surface area contributed by atoms with Crippen LogP contribution in [0.5, 0.6) is 0 Å². The van der Waals surface area contributed by atoms with Gasteiger partial charge in [-0.1, -0.05) is 42.5 Å². The van der Waals surface area contributed by atoms with Crippen LogP contribution in [0.1, 0.15) is 19.3 Å². The Balaban J connectivity index is 2.05. The van der Waals surface area contributed by atoms with Crippen molar-refractivity contribution in [3.05, 3.63) is 62.3 Å². The van der Waals surface area contributed by atoms with E-state index >= 15 is 0 Å². The Labute approximate surface area is 133 Å². The summed E-state index contributed by atoms with van der Waals surface area (Å²) in [6.45, 7) is 12.0. The Kier molecular flexibility index (Phi) is 4.00. The van der Waals surface area contributed by atoms with E-state index in [-0.39, 0.29) is 17.4 Å². The second kappa shape index (κ2) is 5.68. The molecule has 1 N–H and O–H groups in total. The van der Waals surface area contributed by atoms with E-state index in [1.807, 2.05) is 18.2 Å². The third kappa shape index (κ3) is 2.17. The molecule has 3 aliphatic carbocycles. The normalized spacial score (nSPS) is 44.8. The Bertz CT molecular complexity index is 532. The fourth-order valence-electron chi connectivity index (χ4n) is 4.96. The molecule has 1 saturated carbocycles. The van der Waals surface area contributed by atoms with Crippen LogP contribution in [0, 0.1) is 23.7 Å². The van der Waals surface area contributed by atoms with Gasteiger partial charge in [0.2, 0.25) is 0 Å². The molecule has 0 unspecified atom stereocenters. The lowest BCUT2D eigenvalue weighted by Crippen LogP contribution is -2.55. The van der Waals surface area contributed by atoms with E-state index in [1.54, 1.807) is 6.08 Å². The van der Waals surface area contributed by atoms with E-state index < -0.39 is 5.60 Å². The fourth-order valence-corrected chi connectivity index (χ4v) is 4.96. The van der Waals surface area contributed by atoms with Crippen molar-refractivity contribution < 1.29 is 9.84 Å². The minimum absolute atomic E-state index is 0.190. The topological polar surface area (TPSA) is 29.5 Å². The molecule has 2 heteroatoms. The molecule has 3 rings (SSSR count). The van der Waals surface area contributed by atoms with E-state index in [2.05, 4.69) is 38.0 Å². The number of allylic oxidation sites excluding steroid dienone is 2. The zero-order chi connectivity index (χ0) is 15.8. The number of rotatable bonds is 7. The van der Waals surface area contributed by atoms with Crippen LogP contribution in [0.25, 0.3) is 0 Å². The zero-order valence-electron chi connectivity index (χ0n) is 13.2. The molecule has 1 fully saturated rings. The Morgan fingerprint density at radius 2 is 1.68 bits per heavy atom. The number of aliphatic hydroxyl groups is 1. The van der Waals surface area contributed by atoms with Crippen molar-refractivity contribution in [2.45, 2.75) is 30.5 Å². The Hall–Kier alpha value is -1.38. The van der Waals surface area contributed by atoms with Gasteiger partial charge in [-0.2, -0.15) is 0 Å². The predicted octanol–water partition coefficient (Wildman–Crippen LogP) is 3.82. The molecule has 0 saturated heterocycles. The van der Waals surface area contributed by atoms with Crippen LogP contribution in [0.4, 0.5) is 0 Å². The first-order valence-corrected chi connectivity index (χ1v) is 8.18. The molecule has 0 radical (unpaired) electrons. The molecule has 118 valence electrons. The number of hydrogen-bond donors (Lipinski definition) is 1. The van der Waals surface area contributed by atoms with Gasteiger partial charge in [0.1, 0.15) is 0 Å². The number of fused-ring (bicyclic) bond motifs is 5. The van der Waals surface area contributed by atoms with Gasteiger partial charge < -0.3 is 9.84 Å². The van der Waals surface area contributed by atoms with E-state index in [0.29, 0.717) is 24.9 Å². The largest absolute Gasteiger partial charge is 0.385 e. The summed E-state index contributed by atoms with van der Waals surface area (Å²) in [5.41, 5.74) is -1.18. The lowest BCUT2D eigenvalue weighted by Gasteiger charge is -2.51. The highest BCUT2D eigenvalue weighted by atomic mass is 16.5. The molecule has 0 aromatic carbocycles. The number of ether oxygens (including phenoxy) is 1. The molecule has 0 aromatic heterocycles. The molecule has 3 aliphatic rings. The Morgan fingerprint density at radius 1 is 1.00 bits per heavy atom. The molecule has 0 amide bonds. The van der Waals surface area contributed by atoms with E-state index in [0.717, 1.165) is 12.8 Å². The van der Waals surface area contributed by atoms with Crippen LogP contribution >= 0.6 is 0 Å². The molecule has 0 aromatic rings. The van der Waals surface area contributed by atoms with E-state index in [1.165, 1.54) is 0 Å². The minimum Gasteiger partial charge on any atom is -0.385 e. The van der Waals surface area contributed by atoms with Gasteiger partial charge in [0.25, 0.3) is 0 Å². The van der Waals surface area contributed by atoms with E-state index in [4.69, 9.17) is 4.74 Å². The van der Waals surface area contributed by atoms with Gasteiger partial charge in [0.05, 0.1) is 17.8 Å². The molecule has 6 atom stereocenters. The second-order valence-electron chi connectivity index (χ2n) is 6.86. The summed E-state index contributed by atoms with van der Waals surface area (Å²) in [6, 6.07) is 0. The van der Waals surface area contributed by atoms with Gasteiger partial charge >= 0.3 is 0 Å². The molecule has 2 bridgehead atoms. The summed E-state index contributed by atoms with van der Waals surface area (Å²) in [5, 5.41) is 11.2. The van der Waals surface area contributed by atoms with E-state index in [9.17, 15) is 5.11 Å². The third-order valence-electron chi connectivity index (χ3n) is 5.66. The van der Waals surface area contributed by atoms with Crippen LogP contribution < -0.4 is 0 Å². The van der Waals surface area contributed by atoms with Gasteiger partial charge in [0.15, 0.2) is 0 Å². The van der Waals surface area contributed by atoms with Crippen molar-refractivity contribution in [2.24, 2.45) is 23.7 Å². The average Bonchev–Trinajstić information content (AvgIpc) is 3.12. The van der Waals surface area contributed by atoms with Crippen LogP contribution in [0.15, 0.2) is 62.3 Å². The maximum absolute atomic E-state index is 11.2. The van der Waals surface area contributed by atoms with Crippen molar-refractivity contribution in [2.75, 3.05) is 6.61 Å². The van der Waals surface area contributed by atoms with Crippen molar-refractivity contribution in [1.82, 2.24) is 0 Å². The predicted molar refractivity (Wildman–Crippen MR) is 90.3 cm³/mol. The monoisotopic (exact) mass is 298 g/mol. The summed E-state index contributed by atoms with van der Waals surface area (Å²) >= 11 is 0. The maximum atomic E-state index is 11.2. The van der Waals surface area contributed by atoms with Crippen LogP contribution in [-0.2, 0) is 4.74 Å². The smallest absolute Gasteiger partial charge is 0.0939 e. The first-order valence-electron chi connectivity index (χ1n) is 8.18. The van der Waals surface area contributed by atoms with Crippen molar-refractivity contribution in [1.29, 1.82) is 0 Å². The zero-order valence-corrected chi connectivity index (χ0v) is 13.2. The second-order valence-corrected chi connectivity index (χ2v) is 6.86. The highest BCUT2D eigenvalue weighted by Gasteiger charge is 2.61. The fraction of sp³-hybridized carbons (Fsp3) is 0.500. The molecular formula is C20H26O2. The molecule has 0 aliphatic heterocycles. The molecular weight excluding hydrogens is 272 g/mol. The quantitative estimate of drug-likeness (QED) is 0.724. The standard InChI is InChI=1S/C20H26O2/c1-4-9-19(21)11-12-20(10-5-2,22-13-6-3)18-16-8-7-15(14-16)17(18)19/h4-8,11-12,15-18,21H,1-3,9-10,13-14H2/t15-,16+,17-,18+,19+,20-/m0/s1. The summed E-state index contributed by atoms with van der Waals surface area (Å²) in [4.78, 5) is 0. The van der Waals surface area contributed by atoms with Gasteiger partial charge in [-0.15, -0.1) is 19.7 Å². The highest BCUT2D eigenvalue weighted by Crippen LogP contribution is 2.60. The van der Waals surface area contributed by atoms with Gasteiger partial charge in [-0.3, -0.25) is 0 Å². The van der Waals surface area contributed by atoms with Gasteiger partial charge in [-0.25, -0.2) is 0 Å². The molecule has 2 nitrogen and oxygen atoms in total. The lowest BCUT2D eigenvalue weighted by molar-refractivity contribution is -0.113. The lowest BCUT2D eigenvalue weighted by atomic mass is 9.60. The van der Waals surface area contributed by atoms with Crippen LogP contribution in [0.3, 0.4) is 0 Å². The first-order chi connectivity index (χ1) is 10.6. The third-order valence-corrected chi connectivity index (χ3v) is 5.66. The van der Waals surface area contributed by atoms with Crippen LogP contribution in [-0.4, -0.2) is 22.9 Å². The SMILES string of the molecule is C=CCO[C@@]1(CC=C)C=C[C@](O)(CC=C)[C@@H]2[C@H]1[C@@H]1C=C[C@H]2C1. The molecule has 0 heterocycles. The summed E-state index contributed by atoms with van der Waals surface area (Å²) in [7, 11) is 0. The average molecular weight is 298 g/mol. The van der Waals surface area contributed by atoms with Crippen molar-refractivity contribution >= 4 is 0 Å². The Morgan fingerprint density at radius 3 is 2.32 bits per heavy atom. The van der Waals surface area contributed by atoms with Gasteiger partial charge in [-0.05, 0) is 31.1 Å². The molecule has 22 heavy (non-hydrogen) atoms. The highest BCUT2D eigenvalue weighted by molar-refractivity contribution is 5.32. The first kappa shape index (κ1) is 15.5. The minimum atomic E-state index is -0.807. The summed E-state index contributed by atoms with van der Waals surface area (Å²) < 4.78 is 6.25. The van der Waals surface area contributed by atoms with Crippen molar-refractivity contribution in [3.8, 4) is 0 Å². The van der Waals surface area contributed by atoms with Gasteiger partial charge in [0, 0.05) is 11.8 Å². The summed E-state index contributed by atoms with van der Waals surface area (Å²) in [6.07, 6.45) is 16.6. The molecule has 0 spiro atoms. The van der Waals surface area contributed by atoms with Crippen LogP contribution in [0.2, 0.25) is 0 Å². The number of hydrogen-bond acceptors (Lipinski definition) is 2.